The number of hydrogen-bond acceptors (Lipinski definition) is 3. The first-order valence-electron chi connectivity index (χ1n) is 7.99. The van der Waals surface area contributed by atoms with E-state index in [-0.39, 0.29) is 11.1 Å². The molecule has 0 spiro atoms. The van der Waals surface area contributed by atoms with Gasteiger partial charge in [0.15, 0.2) is 0 Å². The van der Waals surface area contributed by atoms with E-state index in [0.29, 0.717) is 10.5 Å². The molecule has 1 amide bonds. The molecule has 0 aliphatic carbocycles. The Labute approximate surface area is 157 Å². The van der Waals surface area contributed by atoms with Crippen molar-refractivity contribution in [3.63, 3.8) is 0 Å². The molecule has 0 saturated heterocycles. The van der Waals surface area contributed by atoms with Gasteiger partial charge >= 0.3 is 0 Å². The highest BCUT2D eigenvalue weighted by molar-refractivity contribution is 7.93. The van der Waals surface area contributed by atoms with E-state index in [2.05, 4.69) is 21.2 Å². The molecule has 1 aromatic heterocycles. The van der Waals surface area contributed by atoms with Gasteiger partial charge in [0.1, 0.15) is 5.82 Å². The van der Waals surface area contributed by atoms with Crippen LogP contribution in [0.3, 0.4) is 0 Å². The molecule has 0 fully saturated rings. The smallest absolute Gasteiger partial charge is 0.266 e. The van der Waals surface area contributed by atoms with Crippen molar-refractivity contribution in [1.29, 1.82) is 0 Å². The summed E-state index contributed by atoms with van der Waals surface area (Å²) in [5.41, 5.74) is 0.849. The Balaban J connectivity index is 1.90. The minimum atomic E-state index is -2.87. The van der Waals surface area contributed by atoms with Crippen molar-refractivity contribution in [2.24, 2.45) is 4.36 Å². The summed E-state index contributed by atoms with van der Waals surface area (Å²) >= 11 is 0. The highest BCUT2D eigenvalue weighted by Crippen LogP contribution is 2.13. The number of halogens is 1. The number of rotatable bonds is 2. The molecule has 0 aliphatic heterocycles. The minimum Gasteiger partial charge on any atom is -0.266 e. The molecule has 1 atom stereocenters. The van der Waals surface area contributed by atoms with E-state index in [1.165, 1.54) is 30.8 Å². The van der Waals surface area contributed by atoms with Crippen LogP contribution in [0, 0.1) is 17.7 Å². The van der Waals surface area contributed by atoms with Gasteiger partial charge in [-0.1, -0.05) is 42.2 Å². The fraction of sp³-hybridized carbons (Fsp3) is 0.0476. The lowest BCUT2D eigenvalue weighted by molar-refractivity contribution is 0.100. The molecule has 4 nitrogen and oxygen atoms in total. The van der Waals surface area contributed by atoms with Crippen molar-refractivity contribution in [3.05, 3.63) is 95.6 Å². The SMILES string of the molecule is C[S@](=O)(=NC(=O)c1cncc(C#Cc2ccccc2F)c1)c1ccccc1. The topological polar surface area (TPSA) is 59.4 Å². The van der Waals surface area contributed by atoms with Gasteiger partial charge in [0, 0.05) is 29.1 Å². The van der Waals surface area contributed by atoms with Crippen molar-refractivity contribution in [2.75, 3.05) is 6.26 Å². The van der Waals surface area contributed by atoms with Crippen LogP contribution in [0.1, 0.15) is 21.5 Å². The summed E-state index contributed by atoms with van der Waals surface area (Å²) in [5, 5.41) is 0. The van der Waals surface area contributed by atoms with Crippen LogP contribution in [0.4, 0.5) is 4.39 Å². The molecule has 0 saturated carbocycles. The van der Waals surface area contributed by atoms with Gasteiger partial charge in [-0.25, -0.2) is 8.60 Å². The van der Waals surface area contributed by atoms with E-state index in [9.17, 15) is 13.4 Å². The van der Waals surface area contributed by atoms with Gasteiger partial charge in [-0.05, 0) is 30.3 Å². The lowest BCUT2D eigenvalue weighted by atomic mass is 10.1. The van der Waals surface area contributed by atoms with E-state index in [1.807, 2.05) is 0 Å². The molecule has 0 radical (unpaired) electrons. The molecule has 0 N–H and O–H groups in total. The summed E-state index contributed by atoms with van der Waals surface area (Å²) in [6.45, 7) is 0. The van der Waals surface area contributed by atoms with E-state index in [4.69, 9.17) is 0 Å². The van der Waals surface area contributed by atoms with Gasteiger partial charge in [-0.15, -0.1) is 0 Å². The number of benzene rings is 2. The lowest BCUT2D eigenvalue weighted by Gasteiger charge is -2.03. The number of hydrogen-bond donors (Lipinski definition) is 0. The van der Waals surface area contributed by atoms with Gasteiger partial charge in [0.05, 0.1) is 20.9 Å². The highest BCUT2D eigenvalue weighted by Gasteiger charge is 2.11. The molecular formula is C21H15FN2O2S. The maximum absolute atomic E-state index is 13.6. The summed E-state index contributed by atoms with van der Waals surface area (Å²) in [6.07, 6.45) is 4.21. The molecule has 2 aromatic carbocycles. The monoisotopic (exact) mass is 378 g/mol. The van der Waals surface area contributed by atoms with Gasteiger partial charge in [0.25, 0.3) is 5.91 Å². The second-order valence-corrected chi connectivity index (χ2v) is 7.96. The number of amides is 1. The van der Waals surface area contributed by atoms with Gasteiger partial charge in [-0.2, -0.15) is 4.36 Å². The molecule has 27 heavy (non-hydrogen) atoms. The van der Waals surface area contributed by atoms with Gasteiger partial charge in [0.2, 0.25) is 0 Å². The Bertz CT molecular complexity index is 1170. The molecular weight excluding hydrogens is 363 g/mol. The Morgan fingerprint density at radius 1 is 1.04 bits per heavy atom. The van der Waals surface area contributed by atoms with Crippen LogP contribution < -0.4 is 0 Å². The van der Waals surface area contributed by atoms with Crippen LogP contribution in [0.5, 0.6) is 0 Å². The zero-order valence-electron chi connectivity index (χ0n) is 14.4. The Kier molecular flexibility index (Phi) is 5.43. The normalized spacial score (nSPS) is 12.4. The van der Waals surface area contributed by atoms with Crippen LogP contribution in [0.15, 0.2) is 82.3 Å². The number of nitrogens with zero attached hydrogens (tertiary/aromatic N) is 2. The summed E-state index contributed by atoms with van der Waals surface area (Å²) in [6, 6.07) is 16.2. The second kappa shape index (κ2) is 7.94. The third-order valence-electron chi connectivity index (χ3n) is 3.64. The average molecular weight is 378 g/mol. The number of pyridine rings is 1. The summed E-state index contributed by atoms with van der Waals surface area (Å²) in [7, 11) is -2.87. The van der Waals surface area contributed by atoms with Crippen LogP contribution in [0.25, 0.3) is 0 Å². The first kappa shape index (κ1) is 18.5. The van der Waals surface area contributed by atoms with Crippen LogP contribution >= 0.6 is 0 Å². The van der Waals surface area contributed by atoms with Crippen LogP contribution in [-0.4, -0.2) is 21.4 Å². The van der Waals surface area contributed by atoms with E-state index >= 15 is 0 Å². The molecule has 3 rings (SSSR count). The van der Waals surface area contributed by atoms with E-state index < -0.39 is 21.5 Å². The number of aromatic nitrogens is 1. The predicted octanol–water partition coefficient (Wildman–Crippen LogP) is 3.92. The first-order valence-corrected chi connectivity index (χ1v) is 9.91. The first-order chi connectivity index (χ1) is 13.0. The minimum absolute atomic E-state index is 0.167. The maximum Gasteiger partial charge on any atom is 0.286 e. The largest absolute Gasteiger partial charge is 0.286 e. The van der Waals surface area contributed by atoms with Crippen molar-refractivity contribution >= 4 is 15.6 Å². The molecule has 0 unspecified atom stereocenters. The van der Waals surface area contributed by atoms with Crippen molar-refractivity contribution in [1.82, 2.24) is 4.98 Å². The zero-order chi connectivity index (χ0) is 19.3. The van der Waals surface area contributed by atoms with Crippen LogP contribution in [0.2, 0.25) is 0 Å². The summed E-state index contributed by atoms with van der Waals surface area (Å²) in [5.74, 6) is 4.41. The van der Waals surface area contributed by atoms with Crippen molar-refractivity contribution in [3.8, 4) is 11.8 Å². The van der Waals surface area contributed by atoms with Crippen molar-refractivity contribution in [2.45, 2.75) is 4.90 Å². The standard InChI is InChI=1S/C21H15FN2O2S/c1-27(26,19-8-3-2-4-9-19)24-21(25)18-13-16(14-23-15-18)11-12-17-7-5-6-10-20(17)22/h2-10,13-15H,1H3/t27-/m1/s1. The zero-order valence-corrected chi connectivity index (χ0v) is 15.2. The average Bonchev–Trinajstić information content (AvgIpc) is 2.68. The summed E-state index contributed by atoms with van der Waals surface area (Å²) in [4.78, 5) is 16.9. The molecule has 0 aliphatic rings. The Hall–Kier alpha value is -3.30. The number of carbonyl (C=O) groups excluding carboxylic acids is 1. The third-order valence-corrected chi connectivity index (χ3v) is 5.30. The molecule has 6 heteroatoms. The predicted molar refractivity (Wildman–Crippen MR) is 102 cm³/mol. The maximum atomic E-state index is 13.6. The second-order valence-electron chi connectivity index (χ2n) is 5.70. The fourth-order valence-electron chi connectivity index (χ4n) is 2.26. The Morgan fingerprint density at radius 3 is 2.48 bits per heavy atom. The quantitative estimate of drug-likeness (QED) is 0.635. The van der Waals surface area contributed by atoms with Gasteiger partial charge < -0.3 is 0 Å². The highest BCUT2D eigenvalue weighted by atomic mass is 32.2. The van der Waals surface area contributed by atoms with Gasteiger partial charge in [-0.3, -0.25) is 9.78 Å². The summed E-state index contributed by atoms with van der Waals surface area (Å²) < 4.78 is 30.2. The number of carbonyl (C=O) groups is 1. The fourth-order valence-corrected chi connectivity index (χ4v) is 3.45. The van der Waals surface area contributed by atoms with Crippen molar-refractivity contribution < 1.29 is 13.4 Å². The van der Waals surface area contributed by atoms with Crippen LogP contribution in [-0.2, 0) is 9.73 Å². The molecule has 3 aromatic rings. The third kappa shape index (κ3) is 4.66. The Morgan fingerprint density at radius 2 is 1.74 bits per heavy atom. The molecule has 0 bridgehead atoms. The molecule has 1 heterocycles. The van der Waals surface area contributed by atoms with E-state index in [0.717, 1.165) is 0 Å². The van der Waals surface area contributed by atoms with E-state index in [1.54, 1.807) is 48.5 Å². The molecule has 134 valence electrons. The lowest BCUT2D eigenvalue weighted by Crippen LogP contribution is -2.04.